The van der Waals surface area contributed by atoms with Crippen molar-refractivity contribution in [2.75, 3.05) is 20.1 Å². The Morgan fingerprint density at radius 1 is 1.06 bits per heavy atom. The predicted molar refractivity (Wildman–Crippen MR) is 163 cm³/mol. The fraction of sp³-hybridized carbons (Fsp3) is 0.862. The smallest absolute Gasteiger partial charge is 0.167 e. The summed E-state index contributed by atoms with van der Waals surface area (Å²) in [7, 11) is 1.50. The van der Waals surface area contributed by atoms with Crippen LogP contribution in [-0.2, 0) is 4.74 Å². The van der Waals surface area contributed by atoms with Crippen molar-refractivity contribution in [1.29, 1.82) is 0 Å². The van der Waals surface area contributed by atoms with Gasteiger partial charge >= 0.3 is 0 Å². The zero-order valence-corrected chi connectivity index (χ0v) is 26.7. The predicted octanol–water partition coefficient (Wildman–Crippen LogP) is 6.96. The van der Waals surface area contributed by atoms with E-state index in [0.29, 0.717) is 17.8 Å². The summed E-state index contributed by atoms with van der Waals surface area (Å²) in [5.41, 5.74) is 11.2. The summed E-state index contributed by atoms with van der Waals surface area (Å²) < 4.78 is 5.02. The molecule has 0 aliphatic carbocycles. The highest BCUT2D eigenvalue weighted by Crippen LogP contribution is 2.35. The molecule has 36 heavy (non-hydrogen) atoms. The third-order valence-corrected chi connectivity index (χ3v) is 5.60. The van der Waals surface area contributed by atoms with E-state index in [-0.39, 0.29) is 12.1 Å². The van der Waals surface area contributed by atoms with Crippen LogP contribution in [-0.4, -0.2) is 47.7 Å². The van der Waals surface area contributed by atoms with Crippen molar-refractivity contribution in [3.8, 4) is 12.8 Å². The number of hydrogen-bond donors (Lipinski definition) is 5. The number of ether oxygens (including phenoxy) is 1. The third-order valence-electron chi connectivity index (χ3n) is 4.90. The van der Waals surface area contributed by atoms with Crippen molar-refractivity contribution < 1.29 is 15.1 Å². The number of nitrogens with one attached hydrogen (secondary N) is 1. The summed E-state index contributed by atoms with van der Waals surface area (Å²) in [5.74, 6) is 2.21. The monoisotopic (exact) mass is 539 g/mol. The molecule has 0 fully saturated rings. The van der Waals surface area contributed by atoms with E-state index in [1.807, 2.05) is 47.0 Å². The quantitative estimate of drug-likeness (QED) is 0.0601. The number of rotatable bonds is 12. The Hall–Kier alpha value is -0.650. The number of aliphatic hydroxyl groups is 1. The van der Waals surface area contributed by atoms with Gasteiger partial charge in [-0.3, -0.25) is 0 Å². The van der Waals surface area contributed by atoms with Crippen LogP contribution in [0.2, 0.25) is 0 Å². The maximum absolute atomic E-state index is 8.85. The Labute approximate surface area is 231 Å². The molecule has 6 nitrogen and oxygen atoms in total. The molecule has 0 saturated carbocycles. The Bertz CT molecular complexity index is 414. The van der Waals surface area contributed by atoms with Crippen molar-refractivity contribution in [3.63, 3.8) is 0 Å². The SMILES string of the molecule is C#C.C/C=C/CC(CCC)C(CC)C(C)C(Cl)CC.CC.CC(C)(C)OC(O)CN.CCNO.CN. The van der Waals surface area contributed by atoms with Gasteiger partial charge in [0.25, 0.3) is 0 Å². The summed E-state index contributed by atoms with van der Waals surface area (Å²) in [4.78, 5) is 0. The molecular formula is C29H66ClN3O3. The average Bonchev–Trinajstić information content (AvgIpc) is 2.89. The number of allylic oxidation sites excluding steroid dienone is 2. The molecule has 0 saturated heterocycles. The van der Waals surface area contributed by atoms with E-state index in [0.717, 1.165) is 18.3 Å². The normalized spacial score (nSPS) is 14.2. The molecule has 222 valence electrons. The van der Waals surface area contributed by atoms with Crippen molar-refractivity contribution in [2.45, 2.75) is 126 Å². The van der Waals surface area contributed by atoms with E-state index < -0.39 is 6.29 Å². The second kappa shape index (κ2) is 38.9. The standard InChI is InChI=1S/C16H31Cl.C6H15NO2.C2H7NO.C2H6.C2H2.CH5N/c1-6-10-12-14(11-7-2)15(8-3)13(5)16(17)9-4;1-6(2,3)9-5(8)4-7;1-2-3-4;3*1-2/h6,10,13-16H,7-9,11-12H2,1-5H3;5,8H,4,7H2,1-3H3;3-4H,2H2,1H3;1-2H3;1-2H;2H2,1H3/b10-6+;;;;;. The lowest BCUT2D eigenvalue weighted by Gasteiger charge is -2.33. The van der Waals surface area contributed by atoms with Gasteiger partial charge in [0.05, 0.1) is 5.60 Å². The fourth-order valence-electron chi connectivity index (χ4n) is 3.42. The van der Waals surface area contributed by atoms with Crippen LogP contribution in [0, 0.1) is 30.6 Å². The van der Waals surface area contributed by atoms with Crippen LogP contribution in [0.1, 0.15) is 108 Å². The molecule has 0 aromatic heterocycles. The molecule has 5 unspecified atom stereocenters. The molecule has 0 amide bonds. The summed E-state index contributed by atoms with van der Waals surface area (Å²) in [5, 5.41) is 16.8. The zero-order valence-electron chi connectivity index (χ0n) is 26.0. The van der Waals surface area contributed by atoms with Gasteiger partial charge in [-0.25, -0.2) is 5.48 Å². The molecule has 0 rings (SSSR count). The van der Waals surface area contributed by atoms with Crippen LogP contribution in [0.4, 0.5) is 0 Å². The maximum atomic E-state index is 8.85. The first-order valence-corrected chi connectivity index (χ1v) is 14.0. The van der Waals surface area contributed by atoms with Crippen LogP contribution in [0.25, 0.3) is 0 Å². The fourth-order valence-corrected chi connectivity index (χ4v) is 3.61. The molecule has 0 aromatic rings. The Kier molecular flexibility index (Phi) is 52.3. The van der Waals surface area contributed by atoms with E-state index in [2.05, 4.69) is 65.4 Å². The molecular weight excluding hydrogens is 474 g/mol. The summed E-state index contributed by atoms with van der Waals surface area (Å²) in [6.07, 6.45) is 17.9. The molecule has 0 bridgehead atoms. The minimum atomic E-state index is -0.829. The Balaban J connectivity index is -0.0000000990. The van der Waals surface area contributed by atoms with Gasteiger partial charge in [0.2, 0.25) is 0 Å². The van der Waals surface area contributed by atoms with Gasteiger partial charge in [0.15, 0.2) is 6.29 Å². The minimum Gasteiger partial charge on any atom is -0.367 e. The van der Waals surface area contributed by atoms with Crippen LogP contribution < -0.4 is 16.9 Å². The third kappa shape index (κ3) is 37.9. The second-order valence-corrected chi connectivity index (χ2v) is 9.20. The zero-order chi connectivity index (χ0) is 30.2. The number of alkyl halides is 1. The largest absolute Gasteiger partial charge is 0.367 e. The van der Waals surface area contributed by atoms with Gasteiger partial charge in [-0.2, -0.15) is 0 Å². The summed E-state index contributed by atoms with van der Waals surface area (Å²) in [6.45, 7) is 23.5. The molecule has 0 aliphatic heterocycles. The molecule has 0 aliphatic rings. The van der Waals surface area contributed by atoms with E-state index in [9.17, 15) is 0 Å². The average molecular weight is 540 g/mol. The topological polar surface area (TPSA) is 114 Å². The lowest BCUT2D eigenvalue weighted by molar-refractivity contribution is -0.159. The van der Waals surface area contributed by atoms with E-state index in [1.54, 1.807) is 0 Å². The Morgan fingerprint density at radius 3 is 1.72 bits per heavy atom. The van der Waals surface area contributed by atoms with Gasteiger partial charge in [-0.05, 0) is 65.3 Å². The van der Waals surface area contributed by atoms with E-state index in [1.165, 1.54) is 32.7 Å². The number of aliphatic hydroxyl groups excluding tert-OH is 1. The summed E-state index contributed by atoms with van der Waals surface area (Å²) in [6, 6.07) is 0. The Morgan fingerprint density at radius 2 is 1.50 bits per heavy atom. The first-order valence-electron chi connectivity index (χ1n) is 13.6. The van der Waals surface area contributed by atoms with E-state index in [4.69, 9.17) is 32.4 Å². The first kappa shape index (κ1) is 48.4. The minimum absolute atomic E-state index is 0.150. The van der Waals surface area contributed by atoms with Crippen LogP contribution >= 0.6 is 11.6 Å². The molecule has 0 heterocycles. The molecule has 7 N–H and O–H groups in total. The molecule has 5 atom stereocenters. The van der Waals surface area contributed by atoms with Gasteiger partial charge in [0, 0.05) is 18.5 Å². The van der Waals surface area contributed by atoms with Gasteiger partial charge < -0.3 is 26.5 Å². The van der Waals surface area contributed by atoms with Gasteiger partial charge in [-0.15, -0.1) is 24.4 Å². The first-order chi connectivity index (χ1) is 17.0. The molecule has 0 radical (unpaired) electrons. The van der Waals surface area contributed by atoms with Crippen molar-refractivity contribution >= 4 is 11.6 Å². The lowest BCUT2D eigenvalue weighted by Crippen LogP contribution is -2.32. The number of nitrogens with two attached hydrogens (primary N) is 2. The highest BCUT2D eigenvalue weighted by atomic mass is 35.5. The van der Waals surface area contributed by atoms with Crippen molar-refractivity contribution in [1.82, 2.24) is 5.48 Å². The maximum Gasteiger partial charge on any atom is 0.167 e. The molecule has 7 heteroatoms. The lowest BCUT2D eigenvalue weighted by atomic mass is 9.75. The van der Waals surface area contributed by atoms with Crippen molar-refractivity contribution in [2.24, 2.45) is 29.2 Å². The van der Waals surface area contributed by atoms with E-state index >= 15 is 0 Å². The summed E-state index contributed by atoms with van der Waals surface area (Å²) >= 11 is 6.45. The van der Waals surface area contributed by atoms with Crippen LogP contribution in [0.15, 0.2) is 12.2 Å². The number of terminal acetylenes is 1. The number of hydrogen-bond acceptors (Lipinski definition) is 6. The van der Waals surface area contributed by atoms with Crippen LogP contribution in [0.5, 0.6) is 0 Å². The number of halogens is 1. The van der Waals surface area contributed by atoms with Gasteiger partial charge in [0.1, 0.15) is 0 Å². The molecule has 0 aromatic carbocycles. The highest BCUT2D eigenvalue weighted by molar-refractivity contribution is 6.20. The molecule has 0 spiro atoms. The number of hydroxylamine groups is 1. The van der Waals surface area contributed by atoms with Crippen LogP contribution in [0.3, 0.4) is 0 Å². The van der Waals surface area contributed by atoms with Gasteiger partial charge in [-0.1, -0.05) is 79.9 Å². The second-order valence-electron chi connectivity index (χ2n) is 8.64. The van der Waals surface area contributed by atoms with Crippen molar-refractivity contribution in [3.05, 3.63) is 12.2 Å². The highest BCUT2D eigenvalue weighted by Gasteiger charge is 2.27.